The first-order valence-corrected chi connectivity index (χ1v) is 7.01. The molecule has 2 aromatic carbocycles. The van der Waals surface area contributed by atoms with Crippen molar-refractivity contribution in [2.75, 3.05) is 0 Å². The van der Waals surface area contributed by atoms with Gasteiger partial charge in [-0.2, -0.15) is 0 Å². The number of ketones is 1. The topological polar surface area (TPSA) is 17.1 Å². The van der Waals surface area contributed by atoms with Crippen molar-refractivity contribution in [3.8, 4) is 0 Å². The summed E-state index contributed by atoms with van der Waals surface area (Å²) in [5.41, 5.74) is 1.70. The van der Waals surface area contributed by atoms with Gasteiger partial charge in [0.2, 0.25) is 0 Å². The lowest BCUT2D eigenvalue weighted by Crippen LogP contribution is -2.03. The Labute approximate surface area is 119 Å². The molecular formula is C14H8Cl2OS. The van der Waals surface area contributed by atoms with Gasteiger partial charge in [-0.25, -0.2) is 0 Å². The molecule has 0 radical (unpaired) electrons. The van der Waals surface area contributed by atoms with E-state index in [0.717, 1.165) is 15.4 Å². The molecule has 1 aliphatic rings. The maximum Gasteiger partial charge on any atom is 0.168 e. The van der Waals surface area contributed by atoms with E-state index in [9.17, 15) is 4.79 Å². The van der Waals surface area contributed by atoms with E-state index >= 15 is 0 Å². The molecule has 0 N–H and O–H groups in total. The maximum atomic E-state index is 12.2. The highest BCUT2D eigenvalue weighted by molar-refractivity contribution is 7.99. The predicted octanol–water partition coefficient (Wildman–Crippen LogP) is 4.88. The van der Waals surface area contributed by atoms with Gasteiger partial charge in [-0.1, -0.05) is 53.2 Å². The van der Waals surface area contributed by atoms with E-state index < -0.39 is 0 Å². The van der Waals surface area contributed by atoms with E-state index in [4.69, 9.17) is 23.2 Å². The summed E-state index contributed by atoms with van der Waals surface area (Å²) in [6, 6.07) is 11.3. The quantitative estimate of drug-likeness (QED) is 0.688. The molecule has 3 rings (SSSR count). The third-order valence-corrected chi connectivity index (χ3v) is 5.05. The Morgan fingerprint density at radius 2 is 1.83 bits per heavy atom. The Kier molecular flexibility index (Phi) is 3.10. The lowest BCUT2D eigenvalue weighted by Gasteiger charge is -2.08. The van der Waals surface area contributed by atoms with Crippen LogP contribution < -0.4 is 0 Å². The second-order valence-electron chi connectivity index (χ2n) is 4.05. The van der Waals surface area contributed by atoms with Crippen LogP contribution in [-0.2, 0) is 6.42 Å². The van der Waals surface area contributed by atoms with Crippen molar-refractivity contribution in [2.45, 2.75) is 16.2 Å². The monoisotopic (exact) mass is 294 g/mol. The fraction of sp³-hybridized carbons (Fsp3) is 0.0714. The first-order chi connectivity index (χ1) is 8.66. The average Bonchev–Trinajstić information content (AvgIpc) is 2.50. The zero-order valence-corrected chi connectivity index (χ0v) is 11.6. The van der Waals surface area contributed by atoms with Crippen LogP contribution in [0.4, 0.5) is 0 Å². The Morgan fingerprint density at radius 3 is 2.67 bits per heavy atom. The van der Waals surface area contributed by atoms with Crippen LogP contribution in [0.1, 0.15) is 15.9 Å². The van der Waals surface area contributed by atoms with Crippen LogP contribution >= 0.6 is 35.0 Å². The summed E-state index contributed by atoms with van der Waals surface area (Å²) >= 11 is 13.7. The number of hydrogen-bond donors (Lipinski definition) is 0. The smallest absolute Gasteiger partial charge is 0.168 e. The molecule has 18 heavy (non-hydrogen) atoms. The highest BCUT2D eigenvalue weighted by atomic mass is 35.5. The molecule has 0 spiro atoms. The molecule has 2 aromatic rings. The molecule has 1 aliphatic heterocycles. The number of hydrogen-bond acceptors (Lipinski definition) is 2. The molecule has 0 saturated heterocycles. The van der Waals surface area contributed by atoms with Gasteiger partial charge in [0.1, 0.15) is 0 Å². The van der Waals surface area contributed by atoms with Gasteiger partial charge >= 0.3 is 0 Å². The number of Topliss-reactive ketones (excluding diaryl/α,β-unsaturated/α-hetero) is 1. The molecule has 0 atom stereocenters. The summed E-state index contributed by atoms with van der Waals surface area (Å²) in [6.45, 7) is 0. The fourth-order valence-corrected chi connectivity index (χ4v) is 3.60. The zero-order valence-electron chi connectivity index (χ0n) is 9.24. The minimum Gasteiger partial charge on any atom is -0.294 e. The van der Waals surface area contributed by atoms with Crippen molar-refractivity contribution < 1.29 is 4.79 Å². The van der Waals surface area contributed by atoms with E-state index in [-0.39, 0.29) is 5.78 Å². The van der Waals surface area contributed by atoms with Gasteiger partial charge in [-0.3, -0.25) is 4.79 Å². The molecule has 0 aliphatic carbocycles. The van der Waals surface area contributed by atoms with Crippen LogP contribution in [0, 0.1) is 0 Å². The minimum atomic E-state index is 0.0843. The van der Waals surface area contributed by atoms with Crippen molar-refractivity contribution >= 4 is 40.7 Å². The van der Waals surface area contributed by atoms with Crippen LogP contribution in [0.25, 0.3) is 0 Å². The molecule has 90 valence electrons. The summed E-state index contributed by atoms with van der Waals surface area (Å²) < 4.78 is 0. The fourth-order valence-electron chi connectivity index (χ4n) is 1.98. The third kappa shape index (κ3) is 1.95. The van der Waals surface area contributed by atoms with E-state index in [1.54, 1.807) is 12.1 Å². The highest BCUT2D eigenvalue weighted by Gasteiger charge is 2.23. The molecule has 0 bridgehead atoms. The lowest BCUT2D eigenvalue weighted by molar-refractivity contribution is 0.0990. The average molecular weight is 295 g/mol. The standard InChI is InChI=1S/C14H8Cl2OS/c15-10-6-5-9-11(17)7-8-3-1-2-4-12(8)18-14(9)13(10)16/h1-6H,7H2. The van der Waals surface area contributed by atoms with Crippen LogP contribution in [-0.4, -0.2) is 5.78 Å². The van der Waals surface area contributed by atoms with Crippen LogP contribution in [0.5, 0.6) is 0 Å². The summed E-state index contributed by atoms with van der Waals surface area (Å²) in [6.07, 6.45) is 0.411. The van der Waals surface area contributed by atoms with Gasteiger partial charge < -0.3 is 0 Å². The number of carbonyl (C=O) groups excluding carboxylic acids is 1. The van der Waals surface area contributed by atoms with Crippen molar-refractivity contribution in [3.63, 3.8) is 0 Å². The Hall–Kier alpha value is -0.960. The first kappa shape index (κ1) is 12.1. The summed E-state index contributed by atoms with van der Waals surface area (Å²) in [5, 5.41) is 0.944. The van der Waals surface area contributed by atoms with Crippen molar-refractivity contribution in [2.24, 2.45) is 0 Å². The van der Waals surface area contributed by atoms with Gasteiger partial charge in [0, 0.05) is 21.8 Å². The second-order valence-corrected chi connectivity index (χ2v) is 5.89. The Balaban J connectivity index is 2.24. The molecule has 4 heteroatoms. The zero-order chi connectivity index (χ0) is 12.7. The molecule has 0 aromatic heterocycles. The summed E-state index contributed by atoms with van der Waals surface area (Å²) in [4.78, 5) is 14.0. The number of fused-ring (bicyclic) bond motifs is 2. The number of carbonyl (C=O) groups is 1. The van der Waals surface area contributed by atoms with Gasteiger partial charge in [-0.15, -0.1) is 0 Å². The first-order valence-electron chi connectivity index (χ1n) is 5.44. The molecular weight excluding hydrogens is 287 g/mol. The van der Waals surface area contributed by atoms with Crippen molar-refractivity contribution in [1.82, 2.24) is 0 Å². The maximum absolute atomic E-state index is 12.2. The molecule has 0 fully saturated rings. The largest absolute Gasteiger partial charge is 0.294 e. The molecule has 1 heterocycles. The normalized spacial score (nSPS) is 13.8. The summed E-state index contributed by atoms with van der Waals surface area (Å²) in [5.74, 6) is 0.0843. The molecule has 0 unspecified atom stereocenters. The SMILES string of the molecule is O=C1Cc2ccccc2Sc2c1ccc(Cl)c2Cl. The van der Waals surface area contributed by atoms with E-state index in [2.05, 4.69) is 0 Å². The highest BCUT2D eigenvalue weighted by Crippen LogP contribution is 2.43. The molecule has 0 amide bonds. The van der Waals surface area contributed by atoms with Crippen LogP contribution in [0.15, 0.2) is 46.2 Å². The van der Waals surface area contributed by atoms with Gasteiger partial charge in [0.25, 0.3) is 0 Å². The van der Waals surface area contributed by atoms with Crippen LogP contribution in [0.3, 0.4) is 0 Å². The molecule has 0 saturated carbocycles. The van der Waals surface area contributed by atoms with E-state index in [1.807, 2.05) is 24.3 Å². The molecule has 1 nitrogen and oxygen atoms in total. The summed E-state index contributed by atoms with van der Waals surface area (Å²) in [7, 11) is 0. The number of halogens is 2. The Morgan fingerprint density at radius 1 is 1.06 bits per heavy atom. The Bertz CT molecular complexity index is 652. The van der Waals surface area contributed by atoms with Crippen molar-refractivity contribution in [3.05, 3.63) is 57.6 Å². The lowest BCUT2D eigenvalue weighted by atomic mass is 10.0. The predicted molar refractivity (Wildman–Crippen MR) is 75.1 cm³/mol. The minimum absolute atomic E-state index is 0.0843. The van der Waals surface area contributed by atoms with Gasteiger partial charge in [-0.05, 0) is 23.8 Å². The van der Waals surface area contributed by atoms with Gasteiger partial charge in [0.05, 0.1) is 10.0 Å². The number of benzene rings is 2. The van der Waals surface area contributed by atoms with Crippen LogP contribution in [0.2, 0.25) is 10.0 Å². The van der Waals surface area contributed by atoms with Gasteiger partial charge in [0.15, 0.2) is 5.78 Å². The second kappa shape index (κ2) is 4.61. The van der Waals surface area contributed by atoms with E-state index in [0.29, 0.717) is 22.0 Å². The number of rotatable bonds is 0. The third-order valence-electron chi connectivity index (χ3n) is 2.89. The van der Waals surface area contributed by atoms with E-state index in [1.165, 1.54) is 11.8 Å². The van der Waals surface area contributed by atoms with Crippen molar-refractivity contribution in [1.29, 1.82) is 0 Å².